The Morgan fingerprint density at radius 2 is 1.82 bits per heavy atom. The van der Waals surface area contributed by atoms with Crippen LogP contribution in [0, 0.1) is 0 Å². The smallest absolute Gasteiger partial charge is 0.317 e. The molecule has 0 saturated carbocycles. The second-order valence-corrected chi connectivity index (χ2v) is 2.73. The minimum absolute atomic E-state index is 0. The molecule has 3 N–H and O–H groups in total. The summed E-state index contributed by atoms with van der Waals surface area (Å²) in [5.41, 5.74) is 0. The highest BCUT2D eigenvalue weighted by molar-refractivity contribution is 5.69. The Bertz CT molecular complexity index is 121. The number of hydrogen-bond donors (Lipinski definition) is 1. The second-order valence-electron chi connectivity index (χ2n) is 2.73. The van der Waals surface area contributed by atoms with Crippen molar-refractivity contribution in [3.63, 3.8) is 0 Å². The summed E-state index contributed by atoms with van der Waals surface area (Å²) in [6.07, 6.45) is 3.58. The quantitative estimate of drug-likeness (QED) is 0.606. The van der Waals surface area contributed by atoms with Crippen molar-refractivity contribution < 1.29 is 15.4 Å². The molecule has 0 atom stereocenters. The zero-order valence-electron chi connectivity index (χ0n) is 6.55. The summed E-state index contributed by atoms with van der Waals surface area (Å²) in [5, 5.41) is 8.42. The van der Waals surface area contributed by atoms with Crippen molar-refractivity contribution in [1.29, 1.82) is 0 Å². The van der Waals surface area contributed by atoms with Crippen LogP contribution in [0.4, 0.5) is 0 Å². The molecule has 4 nitrogen and oxygen atoms in total. The molecule has 1 heterocycles. The maximum Gasteiger partial charge on any atom is 0.317 e. The van der Waals surface area contributed by atoms with E-state index in [-0.39, 0.29) is 12.0 Å². The molecule has 0 aromatic carbocycles. The molecule has 0 spiro atoms. The maximum absolute atomic E-state index is 10.2. The van der Waals surface area contributed by atoms with Gasteiger partial charge in [0.15, 0.2) is 0 Å². The summed E-state index contributed by atoms with van der Waals surface area (Å²) >= 11 is 0. The first-order chi connectivity index (χ1) is 4.79. The molecule has 0 amide bonds. The highest BCUT2D eigenvalue weighted by atomic mass is 16.4. The molecule has 0 radical (unpaired) electrons. The van der Waals surface area contributed by atoms with Gasteiger partial charge in [-0.1, -0.05) is 6.42 Å². The summed E-state index contributed by atoms with van der Waals surface area (Å²) < 4.78 is 0. The third kappa shape index (κ3) is 3.95. The molecule has 1 rings (SSSR count). The van der Waals surface area contributed by atoms with Crippen LogP contribution in [0.15, 0.2) is 0 Å². The Kier molecular flexibility index (Phi) is 4.81. The van der Waals surface area contributed by atoms with Gasteiger partial charge in [0, 0.05) is 0 Å². The molecule has 66 valence electrons. The minimum atomic E-state index is -0.707. The number of nitrogens with zero attached hydrogens (tertiary/aromatic N) is 1. The highest BCUT2D eigenvalue weighted by Gasteiger charge is 2.11. The van der Waals surface area contributed by atoms with E-state index in [1.165, 1.54) is 6.42 Å². The first-order valence-electron chi connectivity index (χ1n) is 3.73. The van der Waals surface area contributed by atoms with Gasteiger partial charge in [-0.2, -0.15) is 0 Å². The fourth-order valence-electron chi connectivity index (χ4n) is 1.31. The van der Waals surface area contributed by atoms with Crippen LogP contribution in [0.5, 0.6) is 0 Å². The standard InChI is InChI=1S/C7H13NO2.H2O/c9-7(10)6-8-4-2-1-3-5-8;/h1-6H2,(H,9,10);1H2. The van der Waals surface area contributed by atoms with Crippen LogP contribution >= 0.6 is 0 Å². The summed E-state index contributed by atoms with van der Waals surface area (Å²) in [6, 6.07) is 0. The summed E-state index contributed by atoms with van der Waals surface area (Å²) in [5.74, 6) is -0.707. The molecule has 11 heavy (non-hydrogen) atoms. The van der Waals surface area contributed by atoms with E-state index in [0.29, 0.717) is 0 Å². The summed E-state index contributed by atoms with van der Waals surface area (Å²) in [6.45, 7) is 2.15. The van der Waals surface area contributed by atoms with Crippen LogP contribution in [-0.4, -0.2) is 41.1 Å². The maximum atomic E-state index is 10.2. The van der Waals surface area contributed by atoms with Crippen molar-refractivity contribution in [3.05, 3.63) is 0 Å². The lowest BCUT2D eigenvalue weighted by atomic mass is 10.1. The number of hydrogen-bond acceptors (Lipinski definition) is 2. The third-order valence-electron chi connectivity index (χ3n) is 1.81. The largest absolute Gasteiger partial charge is 0.480 e. The van der Waals surface area contributed by atoms with E-state index in [4.69, 9.17) is 5.11 Å². The van der Waals surface area contributed by atoms with Crippen LogP contribution in [0.3, 0.4) is 0 Å². The molecule has 1 aliphatic rings. The first kappa shape index (κ1) is 10.4. The highest BCUT2D eigenvalue weighted by Crippen LogP contribution is 2.07. The lowest BCUT2D eigenvalue weighted by Gasteiger charge is -2.24. The van der Waals surface area contributed by atoms with E-state index in [9.17, 15) is 4.79 Å². The molecule has 0 aromatic heterocycles. The average molecular weight is 161 g/mol. The molecule has 0 aliphatic carbocycles. The van der Waals surface area contributed by atoms with E-state index in [2.05, 4.69) is 0 Å². The van der Waals surface area contributed by atoms with Gasteiger partial charge in [-0.25, -0.2) is 0 Å². The lowest BCUT2D eigenvalue weighted by Crippen LogP contribution is -2.34. The predicted molar refractivity (Wildman–Crippen MR) is 41.5 cm³/mol. The summed E-state index contributed by atoms with van der Waals surface area (Å²) in [4.78, 5) is 12.2. The van der Waals surface area contributed by atoms with Gasteiger partial charge >= 0.3 is 5.97 Å². The monoisotopic (exact) mass is 161 g/mol. The number of aliphatic carboxylic acids is 1. The van der Waals surface area contributed by atoms with Gasteiger partial charge < -0.3 is 10.6 Å². The van der Waals surface area contributed by atoms with Crippen molar-refractivity contribution in [3.8, 4) is 0 Å². The zero-order chi connectivity index (χ0) is 7.40. The fourth-order valence-corrected chi connectivity index (χ4v) is 1.31. The molecule has 1 aliphatic heterocycles. The normalized spacial score (nSPS) is 18.9. The van der Waals surface area contributed by atoms with Crippen LogP contribution in [0.2, 0.25) is 0 Å². The molecular weight excluding hydrogens is 146 g/mol. The van der Waals surface area contributed by atoms with Gasteiger partial charge in [0.2, 0.25) is 0 Å². The van der Waals surface area contributed by atoms with Gasteiger partial charge in [-0.3, -0.25) is 9.69 Å². The van der Waals surface area contributed by atoms with E-state index < -0.39 is 5.97 Å². The van der Waals surface area contributed by atoms with E-state index in [0.717, 1.165) is 25.9 Å². The van der Waals surface area contributed by atoms with E-state index in [1.807, 2.05) is 4.90 Å². The second kappa shape index (κ2) is 5.09. The zero-order valence-corrected chi connectivity index (χ0v) is 6.55. The number of piperidine rings is 1. The van der Waals surface area contributed by atoms with Gasteiger partial charge in [0.25, 0.3) is 0 Å². The Labute approximate surface area is 66.1 Å². The average Bonchev–Trinajstić information content (AvgIpc) is 1.88. The van der Waals surface area contributed by atoms with Crippen molar-refractivity contribution in [1.82, 2.24) is 4.90 Å². The predicted octanol–water partition coefficient (Wildman–Crippen LogP) is -0.268. The van der Waals surface area contributed by atoms with Crippen LogP contribution in [0.1, 0.15) is 19.3 Å². The lowest BCUT2D eigenvalue weighted by molar-refractivity contribution is -0.138. The Morgan fingerprint density at radius 1 is 1.27 bits per heavy atom. The molecule has 1 fully saturated rings. The molecule has 0 unspecified atom stereocenters. The van der Waals surface area contributed by atoms with E-state index >= 15 is 0 Å². The van der Waals surface area contributed by atoms with Gasteiger partial charge in [0.05, 0.1) is 6.54 Å². The SMILES string of the molecule is O.O=C(O)CN1CCCCC1. The number of rotatable bonds is 2. The minimum Gasteiger partial charge on any atom is -0.480 e. The topological polar surface area (TPSA) is 72.0 Å². The first-order valence-corrected chi connectivity index (χ1v) is 3.73. The van der Waals surface area contributed by atoms with Gasteiger partial charge in [-0.05, 0) is 25.9 Å². The number of likely N-dealkylation sites (tertiary alicyclic amines) is 1. The van der Waals surface area contributed by atoms with Gasteiger partial charge in [-0.15, -0.1) is 0 Å². The Hall–Kier alpha value is -0.610. The number of carbonyl (C=O) groups is 1. The van der Waals surface area contributed by atoms with Crippen molar-refractivity contribution in [2.75, 3.05) is 19.6 Å². The molecule has 0 aromatic rings. The Balaban J connectivity index is 0.000001000. The summed E-state index contributed by atoms with van der Waals surface area (Å²) in [7, 11) is 0. The van der Waals surface area contributed by atoms with Crippen molar-refractivity contribution >= 4 is 5.97 Å². The van der Waals surface area contributed by atoms with Crippen LogP contribution in [-0.2, 0) is 4.79 Å². The van der Waals surface area contributed by atoms with Crippen molar-refractivity contribution in [2.45, 2.75) is 19.3 Å². The molecular formula is C7H15NO3. The molecule has 0 bridgehead atoms. The van der Waals surface area contributed by atoms with Gasteiger partial charge in [0.1, 0.15) is 0 Å². The van der Waals surface area contributed by atoms with Crippen LogP contribution in [0.25, 0.3) is 0 Å². The molecule has 4 heteroatoms. The van der Waals surface area contributed by atoms with E-state index in [1.54, 1.807) is 0 Å². The fraction of sp³-hybridized carbons (Fsp3) is 0.857. The molecule has 1 saturated heterocycles. The number of carboxylic acid groups (broad SMARTS) is 1. The van der Waals surface area contributed by atoms with Crippen LogP contribution < -0.4 is 0 Å². The van der Waals surface area contributed by atoms with Crippen molar-refractivity contribution in [2.24, 2.45) is 0 Å². The Morgan fingerprint density at radius 3 is 2.27 bits per heavy atom. The third-order valence-corrected chi connectivity index (χ3v) is 1.81. The number of carboxylic acids is 1.